The normalized spacial score (nSPS) is 16.0. The van der Waals surface area contributed by atoms with Gasteiger partial charge in [-0.05, 0) is 30.0 Å². The summed E-state index contributed by atoms with van der Waals surface area (Å²) in [6.07, 6.45) is 3.76. The van der Waals surface area contributed by atoms with Crippen molar-refractivity contribution in [3.63, 3.8) is 0 Å². The topological polar surface area (TPSA) is 52.4 Å². The van der Waals surface area contributed by atoms with E-state index in [1.54, 1.807) is 30.3 Å². The molecular formula is C17H20FNO3. The number of nitrogens with zero attached hydrogens (tertiary/aromatic N) is 1. The molecule has 118 valence electrons. The van der Waals surface area contributed by atoms with Crippen molar-refractivity contribution in [3.05, 3.63) is 63.4 Å². The van der Waals surface area contributed by atoms with Crippen LogP contribution >= 0.6 is 0 Å². The summed E-state index contributed by atoms with van der Waals surface area (Å²) in [5.41, 5.74) is 1.42. The summed E-state index contributed by atoms with van der Waals surface area (Å²) in [6, 6.07) is 6.78. The van der Waals surface area contributed by atoms with Gasteiger partial charge in [-0.3, -0.25) is 10.1 Å². The van der Waals surface area contributed by atoms with E-state index < -0.39 is 6.17 Å². The fourth-order valence-electron chi connectivity index (χ4n) is 2.34. The lowest BCUT2D eigenvalue weighted by Gasteiger charge is -2.14. The van der Waals surface area contributed by atoms with Crippen LogP contribution in [0.3, 0.4) is 0 Å². The molecule has 0 aliphatic heterocycles. The summed E-state index contributed by atoms with van der Waals surface area (Å²) >= 11 is 0. The number of benzene rings is 1. The molecule has 1 unspecified atom stereocenters. The monoisotopic (exact) mass is 305 g/mol. The number of nitro groups is 1. The molecule has 1 aliphatic rings. The van der Waals surface area contributed by atoms with Crippen LogP contribution in [0.5, 0.6) is 5.75 Å². The van der Waals surface area contributed by atoms with Gasteiger partial charge >= 0.3 is 0 Å². The molecule has 22 heavy (non-hydrogen) atoms. The Morgan fingerprint density at radius 2 is 2.00 bits per heavy atom. The number of hydrogen-bond donors (Lipinski definition) is 0. The molecule has 0 saturated heterocycles. The Morgan fingerprint density at radius 3 is 2.59 bits per heavy atom. The van der Waals surface area contributed by atoms with Gasteiger partial charge in [0.15, 0.2) is 0 Å². The maximum Gasteiger partial charge on any atom is 0.253 e. The second-order valence-corrected chi connectivity index (χ2v) is 5.67. The highest BCUT2D eigenvalue weighted by Gasteiger charge is 2.19. The summed E-state index contributed by atoms with van der Waals surface area (Å²) in [7, 11) is 0. The number of allylic oxidation sites excluding steroid dienone is 2. The highest BCUT2D eigenvalue weighted by molar-refractivity contribution is 5.31. The smallest absolute Gasteiger partial charge is 0.253 e. The average molecular weight is 305 g/mol. The zero-order valence-electron chi connectivity index (χ0n) is 12.8. The van der Waals surface area contributed by atoms with Crippen LogP contribution in [0.2, 0.25) is 0 Å². The van der Waals surface area contributed by atoms with Crippen molar-refractivity contribution in [2.45, 2.75) is 32.9 Å². The lowest BCUT2D eigenvalue weighted by atomic mass is 10.0. The highest BCUT2D eigenvalue weighted by Crippen LogP contribution is 2.27. The number of alkyl halides is 1. The van der Waals surface area contributed by atoms with Crippen LogP contribution < -0.4 is 4.74 Å². The molecule has 1 aromatic rings. The van der Waals surface area contributed by atoms with E-state index in [4.69, 9.17) is 4.74 Å². The third-order valence-corrected chi connectivity index (χ3v) is 3.64. The zero-order chi connectivity index (χ0) is 16.1. The average Bonchev–Trinajstić information content (AvgIpc) is 2.52. The van der Waals surface area contributed by atoms with Crippen LogP contribution in [0, 0.1) is 16.0 Å². The quantitative estimate of drug-likeness (QED) is 0.569. The Bertz CT molecular complexity index is 590. The molecule has 0 radical (unpaired) electrons. The van der Waals surface area contributed by atoms with E-state index in [0.717, 1.165) is 0 Å². The zero-order valence-corrected chi connectivity index (χ0v) is 12.8. The minimum Gasteiger partial charge on any atom is -0.489 e. The molecule has 0 aromatic heterocycles. The van der Waals surface area contributed by atoms with E-state index in [9.17, 15) is 14.5 Å². The molecule has 0 heterocycles. The molecule has 1 aliphatic carbocycles. The van der Waals surface area contributed by atoms with Gasteiger partial charge < -0.3 is 4.74 Å². The minimum atomic E-state index is -1.00. The molecule has 0 saturated carbocycles. The van der Waals surface area contributed by atoms with Crippen LogP contribution in [0.4, 0.5) is 4.39 Å². The van der Waals surface area contributed by atoms with Gasteiger partial charge in [0.1, 0.15) is 18.5 Å². The largest absolute Gasteiger partial charge is 0.489 e. The molecule has 2 rings (SSSR count). The summed E-state index contributed by atoms with van der Waals surface area (Å²) < 4.78 is 19.5. The van der Waals surface area contributed by atoms with E-state index in [1.807, 2.05) is 19.9 Å². The van der Waals surface area contributed by atoms with Gasteiger partial charge in [-0.2, -0.15) is 0 Å². The SMILES string of the molecule is CC(C)C(F)c1ccc(OCC2=C([N+](=O)[O-])CCC=C2)cc1. The van der Waals surface area contributed by atoms with Crippen LogP contribution in [0.1, 0.15) is 38.4 Å². The summed E-state index contributed by atoms with van der Waals surface area (Å²) in [5.74, 6) is 0.501. The molecule has 0 N–H and O–H groups in total. The van der Waals surface area contributed by atoms with E-state index >= 15 is 0 Å². The van der Waals surface area contributed by atoms with Crippen molar-refractivity contribution < 1.29 is 14.1 Å². The molecule has 0 bridgehead atoms. The van der Waals surface area contributed by atoms with Gasteiger partial charge in [-0.25, -0.2) is 4.39 Å². The van der Waals surface area contributed by atoms with E-state index in [-0.39, 0.29) is 23.1 Å². The van der Waals surface area contributed by atoms with Crippen LogP contribution in [0.25, 0.3) is 0 Å². The summed E-state index contributed by atoms with van der Waals surface area (Å²) in [4.78, 5) is 10.6. The Kier molecular flexibility index (Phi) is 5.31. The van der Waals surface area contributed by atoms with Crippen molar-refractivity contribution in [1.29, 1.82) is 0 Å². The number of rotatable bonds is 6. The van der Waals surface area contributed by atoms with Gasteiger partial charge in [0, 0.05) is 6.42 Å². The van der Waals surface area contributed by atoms with Gasteiger partial charge in [-0.15, -0.1) is 0 Å². The van der Waals surface area contributed by atoms with E-state index in [1.165, 1.54) is 0 Å². The van der Waals surface area contributed by atoms with Gasteiger partial charge in [0.05, 0.1) is 10.5 Å². The first-order valence-corrected chi connectivity index (χ1v) is 7.39. The maximum absolute atomic E-state index is 13.9. The second-order valence-electron chi connectivity index (χ2n) is 5.67. The Morgan fingerprint density at radius 1 is 1.32 bits per heavy atom. The van der Waals surface area contributed by atoms with Crippen molar-refractivity contribution in [2.75, 3.05) is 6.61 Å². The van der Waals surface area contributed by atoms with Gasteiger partial charge in [0.25, 0.3) is 5.70 Å². The first-order valence-electron chi connectivity index (χ1n) is 7.39. The third kappa shape index (κ3) is 3.93. The Hall–Kier alpha value is -2.17. The number of hydrogen-bond acceptors (Lipinski definition) is 3. The predicted molar refractivity (Wildman–Crippen MR) is 83.0 cm³/mol. The fourth-order valence-corrected chi connectivity index (χ4v) is 2.34. The summed E-state index contributed by atoms with van der Waals surface area (Å²) in [6.45, 7) is 3.81. The van der Waals surface area contributed by atoms with Gasteiger partial charge in [0.2, 0.25) is 0 Å². The van der Waals surface area contributed by atoms with Crippen LogP contribution in [-0.4, -0.2) is 11.5 Å². The first-order chi connectivity index (χ1) is 10.5. The Balaban J connectivity index is 2.03. The molecule has 0 fully saturated rings. The minimum absolute atomic E-state index is 0.0769. The predicted octanol–water partition coefficient (Wildman–Crippen LogP) is 4.61. The summed E-state index contributed by atoms with van der Waals surface area (Å²) in [5, 5.41) is 11.0. The van der Waals surface area contributed by atoms with Crippen molar-refractivity contribution in [1.82, 2.24) is 0 Å². The molecule has 5 heteroatoms. The highest BCUT2D eigenvalue weighted by atomic mass is 19.1. The lowest BCUT2D eigenvalue weighted by Crippen LogP contribution is -2.11. The van der Waals surface area contributed by atoms with E-state index in [2.05, 4.69) is 0 Å². The van der Waals surface area contributed by atoms with Crippen molar-refractivity contribution in [2.24, 2.45) is 5.92 Å². The first kappa shape index (κ1) is 16.2. The molecule has 1 aromatic carbocycles. The van der Waals surface area contributed by atoms with Gasteiger partial charge in [-0.1, -0.05) is 38.1 Å². The lowest BCUT2D eigenvalue weighted by molar-refractivity contribution is -0.429. The maximum atomic E-state index is 13.9. The standard InChI is InChI=1S/C17H20FNO3/c1-12(2)17(18)13-7-9-15(10-8-13)22-11-14-5-3-4-6-16(14)19(20)21/h3,5,7-10,12,17H,4,6,11H2,1-2H3. The number of ether oxygens (including phenoxy) is 1. The van der Waals surface area contributed by atoms with Crippen molar-refractivity contribution >= 4 is 0 Å². The molecule has 0 amide bonds. The fraction of sp³-hybridized carbons (Fsp3) is 0.412. The molecule has 4 nitrogen and oxygen atoms in total. The number of halogens is 1. The molecule has 0 spiro atoms. The molecule has 1 atom stereocenters. The second kappa shape index (κ2) is 7.20. The Labute approximate surface area is 129 Å². The van der Waals surface area contributed by atoms with E-state index in [0.29, 0.717) is 29.7 Å². The molecular weight excluding hydrogens is 285 g/mol. The van der Waals surface area contributed by atoms with Crippen LogP contribution in [0.15, 0.2) is 47.7 Å². The van der Waals surface area contributed by atoms with Crippen LogP contribution in [-0.2, 0) is 0 Å². The van der Waals surface area contributed by atoms with Crippen molar-refractivity contribution in [3.8, 4) is 5.75 Å². The third-order valence-electron chi connectivity index (χ3n) is 3.64.